The van der Waals surface area contributed by atoms with Crippen LogP contribution < -0.4 is 15.6 Å². The maximum absolute atomic E-state index is 14.0. The summed E-state index contributed by atoms with van der Waals surface area (Å²) in [4.78, 5) is 34.9. The fraction of sp³-hybridized carbons (Fsp3) is 0.208. The second-order valence-electron chi connectivity index (χ2n) is 7.86. The lowest BCUT2D eigenvalue weighted by Crippen LogP contribution is -2.25. The fourth-order valence-corrected chi connectivity index (χ4v) is 3.94. The number of carbonyl (C=O) groups is 1. The van der Waals surface area contributed by atoms with Crippen molar-refractivity contribution in [2.24, 2.45) is 0 Å². The molecule has 0 aliphatic rings. The summed E-state index contributed by atoms with van der Waals surface area (Å²) < 4.78 is 27.4. The summed E-state index contributed by atoms with van der Waals surface area (Å²) in [5.41, 5.74) is 1.14. The van der Waals surface area contributed by atoms with E-state index >= 15 is 0 Å². The van der Waals surface area contributed by atoms with Gasteiger partial charge in [-0.3, -0.25) is 14.2 Å². The molecule has 0 spiro atoms. The van der Waals surface area contributed by atoms with Gasteiger partial charge in [0, 0.05) is 11.1 Å². The standard InChI is InChI=1S/C24H21FN6O4/c1-3-34-17-7-5-16(6-8-17)28-20(32)11-31-19-9-4-15(25)10-18(19)22-23(31)24(33)30(13-26-22)12-21-27-14(2)29-35-21/h4-10,13H,3,11-12H2,1-2H3,(H,28,32). The van der Waals surface area contributed by atoms with E-state index in [-0.39, 0.29) is 30.4 Å². The summed E-state index contributed by atoms with van der Waals surface area (Å²) in [5, 5.41) is 6.98. The number of ether oxygens (including phenoxy) is 1. The van der Waals surface area contributed by atoms with Crippen LogP contribution in [0.1, 0.15) is 18.6 Å². The van der Waals surface area contributed by atoms with Gasteiger partial charge in [-0.1, -0.05) is 5.16 Å². The van der Waals surface area contributed by atoms with Gasteiger partial charge >= 0.3 is 0 Å². The summed E-state index contributed by atoms with van der Waals surface area (Å²) in [7, 11) is 0. The highest BCUT2D eigenvalue weighted by molar-refractivity contribution is 6.06. The van der Waals surface area contributed by atoms with Crippen molar-refractivity contribution in [1.29, 1.82) is 0 Å². The molecule has 0 aliphatic heterocycles. The van der Waals surface area contributed by atoms with Gasteiger partial charge in [-0.25, -0.2) is 9.37 Å². The first-order chi connectivity index (χ1) is 16.9. The number of nitrogens with one attached hydrogen (secondary N) is 1. The van der Waals surface area contributed by atoms with Crippen LogP contribution in [0.2, 0.25) is 0 Å². The molecule has 11 heteroatoms. The van der Waals surface area contributed by atoms with E-state index in [0.29, 0.717) is 40.3 Å². The van der Waals surface area contributed by atoms with Crippen LogP contribution in [-0.4, -0.2) is 36.8 Å². The highest BCUT2D eigenvalue weighted by Gasteiger charge is 2.20. The van der Waals surface area contributed by atoms with E-state index in [4.69, 9.17) is 9.26 Å². The molecule has 0 aliphatic carbocycles. The minimum Gasteiger partial charge on any atom is -0.494 e. The molecule has 1 N–H and O–H groups in total. The third kappa shape index (κ3) is 4.35. The third-order valence-electron chi connectivity index (χ3n) is 5.41. The quantitative estimate of drug-likeness (QED) is 0.383. The van der Waals surface area contributed by atoms with E-state index in [1.165, 1.54) is 29.1 Å². The Bertz CT molecular complexity index is 1600. The van der Waals surface area contributed by atoms with Crippen molar-refractivity contribution in [2.45, 2.75) is 26.9 Å². The lowest BCUT2D eigenvalue weighted by molar-refractivity contribution is -0.116. The Morgan fingerprint density at radius 3 is 2.71 bits per heavy atom. The molecule has 35 heavy (non-hydrogen) atoms. The van der Waals surface area contributed by atoms with Gasteiger partial charge in [0.2, 0.25) is 11.8 Å². The predicted molar refractivity (Wildman–Crippen MR) is 126 cm³/mol. The number of amides is 1. The van der Waals surface area contributed by atoms with Crippen LogP contribution >= 0.6 is 0 Å². The number of aromatic nitrogens is 5. The number of fused-ring (bicyclic) bond motifs is 3. The third-order valence-corrected chi connectivity index (χ3v) is 5.41. The van der Waals surface area contributed by atoms with Gasteiger partial charge < -0.3 is 19.1 Å². The zero-order valence-electron chi connectivity index (χ0n) is 19.0. The van der Waals surface area contributed by atoms with E-state index in [2.05, 4.69) is 20.4 Å². The largest absolute Gasteiger partial charge is 0.494 e. The first-order valence-corrected chi connectivity index (χ1v) is 10.9. The van der Waals surface area contributed by atoms with Crippen LogP contribution in [0, 0.1) is 12.7 Å². The Morgan fingerprint density at radius 2 is 2.00 bits per heavy atom. The molecule has 0 atom stereocenters. The monoisotopic (exact) mass is 476 g/mol. The number of nitrogens with zero attached hydrogens (tertiary/aromatic N) is 5. The average molecular weight is 476 g/mol. The van der Waals surface area contributed by atoms with Crippen LogP contribution in [0.25, 0.3) is 21.9 Å². The number of anilines is 1. The van der Waals surface area contributed by atoms with E-state index < -0.39 is 11.4 Å². The maximum atomic E-state index is 14.0. The van der Waals surface area contributed by atoms with E-state index in [9.17, 15) is 14.0 Å². The van der Waals surface area contributed by atoms with Gasteiger partial charge in [0.15, 0.2) is 5.82 Å². The molecule has 2 aromatic carbocycles. The number of benzene rings is 2. The zero-order valence-corrected chi connectivity index (χ0v) is 19.0. The molecule has 10 nitrogen and oxygen atoms in total. The first-order valence-electron chi connectivity index (χ1n) is 10.9. The summed E-state index contributed by atoms with van der Waals surface area (Å²) >= 11 is 0. The van der Waals surface area contributed by atoms with Crippen molar-refractivity contribution in [3.63, 3.8) is 0 Å². The van der Waals surface area contributed by atoms with E-state index in [1.807, 2.05) is 6.92 Å². The molecule has 5 aromatic rings. The van der Waals surface area contributed by atoms with Crippen molar-refractivity contribution in [1.82, 2.24) is 24.3 Å². The molecule has 3 heterocycles. The Balaban J connectivity index is 1.53. The topological polar surface area (TPSA) is 117 Å². The van der Waals surface area contributed by atoms with Crippen molar-refractivity contribution in [3.8, 4) is 5.75 Å². The Hall–Kier alpha value is -4.54. The Labute approximate surface area is 198 Å². The highest BCUT2D eigenvalue weighted by Crippen LogP contribution is 2.26. The molecule has 5 rings (SSSR count). The Morgan fingerprint density at radius 1 is 1.20 bits per heavy atom. The maximum Gasteiger partial charge on any atom is 0.278 e. The van der Waals surface area contributed by atoms with Crippen LogP contribution in [-0.2, 0) is 17.9 Å². The molecular weight excluding hydrogens is 455 g/mol. The second kappa shape index (κ2) is 9.01. The minimum absolute atomic E-state index is 0.0108. The van der Waals surface area contributed by atoms with Gasteiger partial charge in [-0.2, -0.15) is 4.98 Å². The number of halogens is 1. The molecule has 1 amide bonds. The smallest absolute Gasteiger partial charge is 0.278 e. The van der Waals surface area contributed by atoms with Crippen molar-refractivity contribution >= 4 is 33.5 Å². The Kier molecular flexibility index (Phi) is 5.73. The number of rotatable bonds is 7. The van der Waals surface area contributed by atoms with Crippen LogP contribution in [0.15, 0.2) is 58.1 Å². The van der Waals surface area contributed by atoms with Crippen LogP contribution in [0.5, 0.6) is 5.75 Å². The molecule has 0 saturated carbocycles. The number of hydrogen-bond donors (Lipinski definition) is 1. The minimum atomic E-state index is -0.470. The second-order valence-corrected chi connectivity index (χ2v) is 7.86. The summed E-state index contributed by atoms with van der Waals surface area (Å²) in [6.07, 6.45) is 1.35. The van der Waals surface area contributed by atoms with E-state index in [0.717, 1.165) is 0 Å². The molecule has 0 saturated heterocycles. The summed E-state index contributed by atoms with van der Waals surface area (Å²) in [5.74, 6) is 0.547. The predicted octanol–water partition coefficient (Wildman–Crippen LogP) is 3.27. The SMILES string of the molecule is CCOc1ccc(NC(=O)Cn2c3ccc(F)cc3c3ncn(Cc4nc(C)no4)c(=O)c32)cc1. The zero-order chi connectivity index (χ0) is 24.5. The lowest BCUT2D eigenvalue weighted by Gasteiger charge is -2.10. The first kappa shape index (κ1) is 22.3. The van der Waals surface area contributed by atoms with Crippen molar-refractivity contribution in [2.75, 3.05) is 11.9 Å². The number of hydrogen-bond acceptors (Lipinski definition) is 7. The molecule has 0 fully saturated rings. The molecule has 0 bridgehead atoms. The van der Waals surface area contributed by atoms with Crippen LogP contribution in [0.3, 0.4) is 0 Å². The fourth-order valence-electron chi connectivity index (χ4n) is 3.94. The normalized spacial score (nSPS) is 11.3. The number of carbonyl (C=O) groups excluding carboxylic acids is 1. The van der Waals surface area contributed by atoms with Gasteiger partial charge in [0.1, 0.15) is 35.7 Å². The molecule has 3 aromatic heterocycles. The summed E-state index contributed by atoms with van der Waals surface area (Å²) in [6, 6.07) is 11.1. The molecular formula is C24H21FN6O4. The lowest BCUT2D eigenvalue weighted by atomic mass is 10.2. The van der Waals surface area contributed by atoms with Gasteiger partial charge in [0.05, 0.1) is 18.5 Å². The van der Waals surface area contributed by atoms with E-state index in [1.54, 1.807) is 35.8 Å². The van der Waals surface area contributed by atoms with Crippen LogP contribution in [0.4, 0.5) is 10.1 Å². The van der Waals surface area contributed by atoms with Gasteiger partial charge in [-0.05, 0) is 56.3 Å². The molecule has 0 radical (unpaired) electrons. The molecule has 0 unspecified atom stereocenters. The van der Waals surface area contributed by atoms with Crippen molar-refractivity contribution < 1.29 is 18.4 Å². The number of aryl methyl sites for hydroxylation is 1. The highest BCUT2D eigenvalue weighted by atomic mass is 19.1. The molecule has 178 valence electrons. The van der Waals surface area contributed by atoms with Gasteiger partial charge in [0.25, 0.3) is 5.56 Å². The van der Waals surface area contributed by atoms with Gasteiger partial charge in [-0.15, -0.1) is 0 Å². The summed E-state index contributed by atoms with van der Waals surface area (Å²) in [6.45, 7) is 3.93. The average Bonchev–Trinajstić information content (AvgIpc) is 3.38. The van der Waals surface area contributed by atoms with Crippen molar-refractivity contribution in [3.05, 3.63) is 76.7 Å².